The first-order chi connectivity index (χ1) is 12.3. The summed E-state index contributed by atoms with van der Waals surface area (Å²) < 4.78 is 8.92. The molecule has 2 aromatic carbocycles. The molecule has 4 aromatic rings. The molecule has 0 unspecified atom stereocenters. The van der Waals surface area contributed by atoms with Crippen molar-refractivity contribution in [2.45, 2.75) is 13.2 Å². The van der Waals surface area contributed by atoms with Crippen LogP contribution in [0.25, 0.3) is 16.9 Å². The summed E-state index contributed by atoms with van der Waals surface area (Å²) in [5.74, 6) is 0. The highest BCUT2D eigenvalue weighted by Crippen LogP contribution is 2.29. The maximum Gasteiger partial charge on any atom is 0.143 e. The van der Waals surface area contributed by atoms with Gasteiger partial charge in [-0.05, 0) is 27.6 Å². The van der Waals surface area contributed by atoms with E-state index in [1.807, 2.05) is 48.7 Å². The van der Waals surface area contributed by atoms with Crippen LogP contribution in [0.3, 0.4) is 0 Å². The Kier molecular flexibility index (Phi) is 4.63. The Morgan fingerprint density at radius 1 is 0.840 bits per heavy atom. The summed E-state index contributed by atoms with van der Waals surface area (Å²) in [6.45, 7) is 1.12. The van der Waals surface area contributed by atoms with Gasteiger partial charge in [0.25, 0.3) is 0 Å². The molecule has 0 bridgehead atoms. The van der Waals surface area contributed by atoms with Gasteiger partial charge in [-0.3, -0.25) is 4.40 Å². The fourth-order valence-electron chi connectivity index (χ4n) is 2.84. The molecule has 0 radical (unpaired) electrons. The SMILES string of the molecule is Brc1c(-c2ccccc2)nc2c(COCc3ccccc3)cccn12. The van der Waals surface area contributed by atoms with Crippen LogP contribution in [-0.2, 0) is 18.0 Å². The highest BCUT2D eigenvalue weighted by atomic mass is 79.9. The first kappa shape index (κ1) is 16.1. The van der Waals surface area contributed by atoms with Crippen LogP contribution in [0.15, 0.2) is 83.6 Å². The van der Waals surface area contributed by atoms with Gasteiger partial charge < -0.3 is 4.74 Å². The maximum atomic E-state index is 5.90. The van der Waals surface area contributed by atoms with Crippen LogP contribution in [0.1, 0.15) is 11.1 Å². The molecule has 0 atom stereocenters. The van der Waals surface area contributed by atoms with Crippen molar-refractivity contribution in [1.82, 2.24) is 9.38 Å². The Hall–Kier alpha value is -2.43. The number of nitrogens with zero attached hydrogens (tertiary/aromatic N) is 2. The van der Waals surface area contributed by atoms with Crippen LogP contribution < -0.4 is 0 Å². The molecule has 4 rings (SSSR count). The van der Waals surface area contributed by atoms with Crippen LogP contribution in [0.4, 0.5) is 0 Å². The molecule has 124 valence electrons. The molecule has 25 heavy (non-hydrogen) atoms. The van der Waals surface area contributed by atoms with Gasteiger partial charge in [0.2, 0.25) is 0 Å². The molecule has 0 aliphatic rings. The number of pyridine rings is 1. The van der Waals surface area contributed by atoms with E-state index >= 15 is 0 Å². The van der Waals surface area contributed by atoms with Crippen molar-refractivity contribution >= 4 is 21.6 Å². The van der Waals surface area contributed by atoms with Gasteiger partial charge in [-0.15, -0.1) is 0 Å². The predicted octanol–water partition coefficient (Wildman–Crippen LogP) is 5.48. The van der Waals surface area contributed by atoms with E-state index in [1.54, 1.807) is 0 Å². The third kappa shape index (κ3) is 3.36. The second-order valence-corrected chi connectivity index (χ2v) is 6.57. The van der Waals surface area contributed by atoms with Gasteiger partial charge in [0.1, 0.15) is 15.9 Å². The summed E-state index contributed by atoms with van der Waals surface area (Å²) >= 11 is 3.69. The van der Waals surface area contributed by atoms with Gasteiger partial charge in [0, 0.05) is 17.3 Å². The van der Waals surface area contributed by atoms with Gasteiger partial charge in [0.05, 0.1) is 13.2 Å². The number of ether oxygens (including phenoxy) is 1. The molecule has 0 saturated carbocycles. The zero-order valence-electron chi connectivity index (χ0n) is 13.6. The second-order valence-electron chi connectivity index (χ2n) is 5.82. The average Bonchev–Trinajstić information content (AvgIpc) is 3.01. The third-order valence-electron chi connectivity index (χ3n) is 4.09. The number of hydrogen-bond acceptors (Lipinski definition) is 2. The van der Waals surface area contributed by atoms with Crippen molar-refractivity contribution in [3.63, 3.8) is 0 Å². The highest BCUT2D eigenvalue weighted by molar-refractivity contribution is 9.10. The Labute approximate surface area is 155 Å². The van der Waals surface area contributed by atoms with E-state index < -0.39 is 0 Å². The lowest BCUT2D eigenvalue weighted by molar-refractivity contribution is 0.107. The number of benzene rings is 2. The summed E-state index contributed by atoms with van der Waals surface area (Å²) in [6.07, 6.45) is 2.01. The summed E-state index contributed by atoms with van der Waals surface area (Å²) in [7, 11) is 0. The van der Waals surface area contributed by atoms with Crippen LogP contribution >= 0.6 is 15.9 Å². The number of rotatable bonds is 5. The first-order valence-corrected chi connectivity index (χ1v) is 8.95. The zero-order chi connectivity index (χ0) is 17.1. The molecule has 0 saturated heterocycles. The summed E-state index contributed by atoms with van der Waals surface area (Å²) in [4.78, 5) is 4.84. The zero-order valence-corrected chi connectivity index (χ0v) is 15.2. The van der Waals surface area contributed by atoms with E-state index in [9.17, 15) is 0 Å². The minimum absolute atomic E-state index is 0.525. The molecule has 0 spiro atoms. The summed E-state index contributed by atoms with van der Waals surface area (Å²) in [6, 6.07) is 24.5. The maximum absolute atomic E-state index is 5.90. The molecule has 0 N–H and O–H groups in total. The largest absolute Gasteiger partial charge is 0.372 e. The quantitative estimate of drug-likeness (QED) is 0.449. The van der Waals surface area contributed by atoms with Gasteiger partial charge in [-0.25, -0.2) is 4.98 Å². The van der Waals surface area contributed by atoms with E-state index in [1.165, 1.54) is 5.56 Å². The molecule has 2 heterocycles. The van der Waals surface area contributed by atoms with Crippen LogP contribution in [-0.4, -0.2) is 9.38 Å². The van der Waals surface area contributed by atoms with Gasteiger partial charge in [-0.2, -0.15) is 0 Å². The Balaban J connectivity index is 1.62. The highest BCUT2D eigenvalue weighted by Gasteiger charge is 2.14. The standard InChI is InChI=1S/C21H17BrN2O/c22-20-19(17-10-5-2-6-11-17)23-21-18(12-7-13-24(20)21)15-25-14-16-8-3-1-4-9-16/h1-13H,14-15H2. The van der Waals surface area contributed by atoms with Crippen LogP contribution in [0, 0.1) is 0 Å². The first-order valence-electron chi connectivity index (χ1n) is 8.15. The van der Waals surface area contributed by atoms with E-state index in [2.05, 4.69) is 50.7 Å². The smallest absolute Gasteiger partial charge is 0.143 e. The van der Waals surface area contributed by atoms with Crippen molar-refractivity contribution in [3.05, 3.63) is 94.7 Å². The fraction of sp³-hybridized carbons (Fsp3) is 0.0952. The molecule has 4 heteroatoms. The molecule has 0 aliphatic heterocycles. The fourth-order valence-corrected chi connectivity index (χ4v) is 3.44. The molecule has 3 nitrogen and oxygen atoms in total. The molecule has 0 fully saturated rings. The molecular formula is C21H17BrN2O. The average molecular weight is 393 g/mol. The van der Waals surface area contributed by atoms with E-state index in [0.717, 1.165) is 27.1 Å². The predicted molar refractivity (Wildman–Crippen MR) is 103 cm³/mol. The van der Waals surface area contributed by atoms with Crippen molar-refractivity contribution in [2.24, 2.45) is 0 Å². The van der Waals surface area contributed by atoms with Gasteiger partial charge in [0.15, 0.2) is 0 Å². The van der Waals surface area contributed by atoms with Crippen molar-refractivity contribution in [1.29, 1.82) is 0 Å². The Morgan fingerprint density at radius 3 is 2.32 bits per heavy atom. The topological polar surface area (TPSA) is 26.5 Å². The second kappa shape index (κ2) is 7.21. The van der Waals surface area contributed by atoms with Crippen molar-refractivity contribution in [2.75, 3.05) is 0 Å². The van der Waals surface area contributed by atoms with Gasteiger partial charge >= 0.3 is 0 Å². The summed E-state index contributed by atoms with van der Waals surface area (Å²) in [5.41, 5.74) is 5.19. The van der Waals surface area contributed by atoms with E-state index in [0.29, 0.717) is 13.2 Å². The monoisotopic (exact) mass is 392 g/mol. The van der Waals surface area contributed by atoms with Crippen LogP contribution in [0.2, 0.25) is 0 Å². The Bertz CT molecular complexity index is 981. The minimum Gasteiger partial charge on any atom is -0.372 e. The van der Waals surface area contributed by atoms with E-state index in [-0.39, 0.29) is 0 Å². The molecule has 0 amide bonds. The number of halogens is 1. The third-order valence-corrected chi connectivity index (χ3v) is 4.85. The minimum atomic E-state index is 0.525. The molecular weight excluding hydrogens is 376 g/mol. The lowest BCUT2D eigenvalue weighted by Crippen LogP contribution is -1.97. The normalized spacial score (nSPS) is 11.1. The lowest BCUT2D eigenvalue weighted by atomic mass is 10.2. The Morgan fingerprint density at radius 2 is 1.56 bits per heavy atom. The number of imidazole rings is 1. The number of fused-ring (bicyclic) bond motifs is 1. The van der Waals surface area contributed by atoms with Crippen molar-refractivity contribution in [3.8, 4) is 11.3 Å². The van der Waals surface area contributed by atoms with Gasteiger partial charge in [-0.1, -0.05) is 66.7 Å². The summed E-state index contributed by atoms with van der Waals surface area (Å²) in [5, 5.41) is 0. The van der Waals surface area contributed by atoms with E-state index in [4.69, 9.17) is 9.72 Å². The lowest BCUT2D eigenvalue weighted by Gasteiger charge is -2.06. The van der Waals surface area contributed by atoms with Crippen LogP contribution in [0.5, 0.6) is 0 Å². The molecule has 0 aliphatic carbocycles. The molecule has 2 aromatic heterocycles. The number of hydrogen-bond donors (Lipinski definition) is 0. The van der Waals surface area contributed by atoms with Crippen molar-refractivity contribution < 1.29 is 4.74 Å². The number of aromatic nitrogens is 2.